The molecule has 2 amide bonds. The molecule has 3 N–H and O–H groups in total. The standard InChI is InChI=1S/C22H32BN7O2/c23-19-16-25-21(28-20(19)24-7-4-8-29-11-13-32-14-12-29)26-17-5-3-6-18(15-17)27-22(31)30-9-1-2-10-30/h3,5-6,15-16H,1-2,4,7-14,23H2,(H,27,31)(H2,24,25,26,28). The Morgan fingerprint density at radius 1 is 1.12 bits per heavy atom. The van der Waals surface area contributed by atoms with Gasteiger partial charge < -0.3 is 25.6 Å². The van der Waals surface area contributed by atoms with E-state index in [9.17, 15) is 4.79 Å². The fourth-order valence-electron chi connectivity index (χ4n) is 3.94. The van der Waals surface area contributed by atoms with Gasteiger partial charge in [0.1, 0.15) is 13.7 Å². The third-order valence-corrected chi connectivity index (χ3v) is 5.78. The molecule has 2 fully saturated rings. The van der Waals surface area contributed by atoms with Crippen molar-refractivity contribution in [2.75, 3.05) is 68.4 Å². The molecule has 0 saturated carbocycles. The zero-order valence-corrected chi connectivity index (χ0v) is 18.8. The van der Waals surface area contributed by atoms with E-state index in [-0.39, 0.29) is 6.03 Å². The highest BCUT2D eigenvalue weighted by Crippen LogP contribution is 2.19. The Balaban J connectivity index is 1.30. The van der Waals surface area contributed by atoms with E-state index in [1.807, 2.05) is 43.2 Å². The van der Waals surface area contributed by atoms with Gasteiger partial charge in [-0.15, -0.1) is 0 Å². The number of hydrogen-bond donors (Lipinski definition) is 3. The number of likely N-dealkylation sites (tertiary alicyclic amines) is 1. The van der Waals surface area contributed by atoms with Gasteiger partial charge in [0, 0.05) is 50.3 Å². The van der Waals surface area contributed by atoms with Crippen molar-refractivity contribution >= 4 is 42.5 Å². The maximum atomic E-state index is 12.3. The van der Waals surface area contributed by atoms with Crippen molar-refractivity contribution in [3.05, 3.63) is 30.5 Å². The van der Waals surface area contributed by atoms with Crippen molar-refractivity contribution in [2.45, 2.75) is 19.3 Å². The summed E-state index contributed by atoms with van der Waals surface area (Å²) in [6.45, 7) is 7.24. The molecular formula is C22H32BN7O2. The average molecular weight is 437 g/mol. The van der Waals surface area contributed by atoms with E-state index >= 15 is 0 Å². The maximum Gasteiger partial charge on any atom is 0.321 e. The minimum Gasteiger partial charge on any atom is -0.379 e. The van der Waals surface area contributed by atoms with Crippen LogP contribution in [0.4, 0.5) is 27.9 Å². The molecule has 1 aromatic carbocycles. The van der Waals surface area contributed by atoms with E-state index < -0.39 is 0 Å². The molecule has 0 bridgehead atoms. The van der Waals surface area contributed by atoms with E-state index in [2.05, 4.69) is 30.8 Å². The second kappa shape index (κ2) is 11.1. The quantitative estimate of drug-likeness (QED) is 0.423. The Bertz CT molecular complexity index is 902. The van der Waals surface area contributed by atoms with Crippen molar-refractivity contribution in [1.82, 2.24) is 19.8 Å². The number of hydrogen-bond acceptors (Lipinski definition) is 7. The van der Waals surface area contributed by atoms with Crippen molar-refractivity contribution in [2.24, 2.45) is 0 Å². The summed E-state index contributed by atoms with van der Waals surface area (Å²) in [6.07, 6.45) is 5.01. The van der Waals surface area contributed by atoms with Crippen LogP contribution in [0, 0.1) is 0 Å². The van der Waals surface area contributed by atoms with Crippen LogP contribution < -0.4 is 21.4 Å². The molecule has 0 spiro atoms. The zero-order valence-electron chi connectivity index (χ0n) is 18.8. The van der Waals surface area contributed by atoms with E-state index in [4.69, 9.17) is 4.74 Å². The number of nitrogens with one attached hydrogen (secondary N) is 3. The van der Waals surface area contributed by atoms with Crippen molar-refractivity contribution in [1.29, 1.82) is 0 Å². The van der Waals surface area contributed by atoms with Gasteiger partial charge >= 0.3 is 6.03 Å². The van der Waals surface area contributed by atoms with Crippen molar-refractivity contribution in [3.8, 4) is 0 Å². The van der Waals surface area contributed by atoms with Gasteiger partial charge in [0.15, 0.2) is 0 Å². The Morgan fingerprint density at radius 3 is 2.72 bits per heavy atom. The fraction of sp³-hybridized carbons (Fsp3) is 0.500. The number of ether oxygens (including phenoxy) is 1. The number of anilines is 4. The van der Waals surface area contributed by atoms with E-state index in [0.29, 0.717) is 5.95 Å². The third-order valence-electron chi connectivity index (χ3n) is 5.78. The van der Waals surface area contributed by atoms with Gasteiger partial charge in [-0.05, 0) is 49.5 Å². The number of urea groups is 1. The number of rotatable bonds is 8. The monoisotopic (exact) mass is 437 g/mol. The molecule has 10 heteroatoms. The van der Waals surface area contributed by atoms with Gasteiger partial charge in [-0.25, -0.2) is 9.78 Å². The molecule has 2 aliphatic heterocycles. The predicted octanol–water partition coefficient (Wildman–Crippen LogP) is 1.24. The van der Waals surface area contributed by atoms with Gasteiger partial charge in [-0.2, -0.15) is 4.98 Å². The second-order valence-corrected chi connectivity index (χ2v) is 8.29. The predicted molar refractivity (Wildman–Crippen MR) is 130 cm³/mol. The highest BCUT2D eigenvalue weighted by Gasteiger charge is 2.17. The molecule has 4 rings (SSSR count). The van der Waals surface area contributed by atoms with Crippen LogP contribution in [-0.2, 0) is 4.74 Å². The molecule has 2 aromatic rings. The first-order chi connectivity index (χ1) is 15.7. The number of nitrogens with zero attached hydrogens (tertiary/aromatic N) is 4. The maximum absolute atomic E-state index is 12.3. The van der Waals surface area contributed by atoms with E-state index in [0.717, 1.165) is 94.4 Å². The summed E-state index contributed by atoms with van der Waals surface area (Å²) in [6, 6.07) is 7.57. The van der Waals surface area contributed by atoms with Crippen LogP contribution in [0.25, 0.3) is 0 Å². The van der Waals surface area contributed by atoms with Crippen LogP contribution in [0.3, 0.4) is 0 Å². The summed E-state index contributed by atoms with van der Waals surface area (Å²) >= 11 is 0. The Morgan fingerprint density at radius 2 is 1.91 bits per heavy atom. The molecule has 0 atom stereocenters. The van der Waals surface area contributed by atoms with Crippen LogP contribution >= 0.6 is 0 Å². The average Bonchev–Trinajstić information content (AvgIpc) is 3.35. The molecule has 0 radical (unpaired) electrons. The number of benzene rings is 1. The van der Waals surface area contributed by atoms with Gasteiger partial charge in [0.2, 0.25) is 5.95 Å². The van der Waals surface area contributed by atoms with Crippen LogP contribution in [0.15, 0.2) is 30.5 Å². The Labute approximate surface area is 190 Å². The number of carbonyl (C=O) groups excluding carboxylic acids is 1. The first kappa shape index (κ1) is 22.4. The third kappa shape index (κ3) is 6.33. The highest BCUT2D eigenvalue weighted by molar-refractivity contribution is 6.35. The van der Waals surface area contributed by atoms with Crippen molar-refractivity contribution < 1.29 is 9.53 Å². The molecule has 1 aromatic heterocycles. The van der Waals surface area contributed by atoms with Crippen LogP contribution in [-0.4, -0.2) is 86.1 Å². The molecule has 32 heavy (non-hydrogen) atoms. The first-order valence-electron chi connectivity index (χ1n) is 11.5. The number of amides is 2. The molecule has 9 nitrogen and oxygen atoms in total. The molecular weight excluding hydrogens is 405 g/mol. The molecule has 0 aliphatic carbocycles. The van der Waals surface area contributed by atoms with E-state index in [1.54, 1.807) is 0 Å². The van der Waals surface area contributed by atoms with Crippen LogP contribution in [0.5, 0.6) is 0 Å². The minimum atomic E-state index is -0.0465. The summed E-state index contributed by atoms with van der Waals surface area (Å²) in [5.41, 5.74) is 2.58. The summed E-state index contributed by atoms with van der Waals surface area (Å²) in [5.74, 6) is 1.36. The van der Waals surface area contributed by atoms with Crippen LogP contribution in [0.2, 0.25) is 0 Å². The Kier molecular flexibility index (Phi) is 7.79. The molecule has 3 heterocycles. The first-order valence-corrected chi connectivity index (χ1v) is 11.5. The summed E-state index contributed by atoms with van der Waals surface area (Å²) < 4.78 is 5.40. The second-order valence-electron chi connectivity index (χ2n) is 8.29. The highest BCUT2D eigenvalue weighted by atomic mass is 16.5. The lowest BCUT2D eigenvalue weighted by Gasteiger charge is -2.26. The topological polar surface area (TPSA) is 94.7 Å². The largest absolute Gasteiger partial charge is 0.379 e. The molecule has 2 saturated heterocycles. The number of aromatic nitrogens is 2. The van der Waals surface area contributed by atoms with Gasteiger partial charge in [-0.3, -0.25) is 4.90 Å². The van der Waals surface area contributed by atoms with E-state index in [1.165, 1.54) is 0 Å². The summed E-state index contributed by atoms with van der Waals surface area (Å²) in [4.78, 5) is 25.7. The number of morpholine rings is 1. The summed E-state index contributed by atoms with van der Waals surface area (Å²) in [7, 11) is 2.00. The lowest BCUT2D eigenvalue weighted by Crippen LogP contribution is -2.37. The minimum absolute atomic E-state index is 0.0465. The lowest BCUT2D eigenvalue weighted by atomic mass is 9.99. The SMILES string of the molecule is Bc1cnc(Nc2cccc(NC(=O)N3CCCC3)c2)nc1NCCCN1CCOCC1. The lowest BCUT2D eigenvalue weighted by molar-refractivity contribution is 0.0378. The van der Waals surface area contributed by atoms with Crippen molar-refractivity contribution in [3.63, 3.8) is 0 Å². The van der Waals surface area contributed by atoms with Gasteiger partial charge in [-0.1, -0.05) is 6.07 Å². The van der Waals surface area contributed by atoms with Gasteiger partial charge in [0.05, 0.1) is 13.2 Å². The zero-order chi connectivity index (χ0) is 22.2. The summed E-state index contributed by atoms with van der Waals surface area (Å²) in [5, 5.41) is 9.66. The van der Waals surface area contributed by atoms with Crippen LogP contribution in [0.1, 0.15) is 19.3 Å². The molecule has 170 valence electrons. The molecule has 2 aliphatic rings. The number of carbonyl (C=O) groups is 1. The Hall–Kier alpha value is -2.85. The fourth-order valence-corrected chi connectivity index (χ4v) is 3.94. The smallest absolute Gasteiger partial charge is 0.321 e. The normalized spacial score (nSPS) is 16.7. The van der Waals surface area contributed by atoms with Gasteiger partial charge in [0.25, 0.3) is 0 Å². The molecule has 0 unspecified atom stereocenters.